The van der Waals surface area contributed by atoms with E-state index in [1.54, 1.807) is 13.2 Å². The lowest BCUT2D eigenvalue weighted by Crippen LogP contribution is -2.16. The summed E-state index contributed by atoms with van der Waals surface area (Å²) in [6, 6.07) is 10.8. The van der Waals surface area contributed by atoms with E-state index in [1.807, 2.05) is 38.1 Å². The van der Waals surface area contributed by atoms with Crippen LogP contribution in [0.5, 0.6) is 17.2 Å². The largest absolute Gasteiger partial charge is 0.493 e. The summed E-state index contributed by atoms with van der Waals surface area (Å²) in [5.41, 5.74) is 7.79. The van der Waals surface area contributed by atoms with E-state index in [4.69, 9.17) is 19.9 Å². The van der Waals surface area contributed by atoms with Crippen LogP contribution in [0.1, 0.15) is 30.9 Å². The molecule has 0 amide bonds. The summed E-state index contributed by atoms with van der Waals surface area (Å²) in [6.45, 7) is 5.14. The molecule has 0 fully saturated rings. The molecule has 4 nitrogen and oxygen atoms in total. The van der Waals surface area contributed by atoms with Crippen molar-refractivity contribution >= 4 is 0 Å². The first-order valence-corrected chi connectivity index (χ1v) is 8.55. The smallest absolute Gasteiger partial charge is 0.165 e. The third-order valence-electron chi connectivity index (χ3n) is 4.04. The highest BCUT2D eigenvalue weighted by molar-refractivity contribution is 5.47. The van der Waals surface area contributed by atoms with Gasteiger partial charge in [0.05, 0.1) is 20.3 Å². The molecule has 0 radical (unpaired) electrons. The van der Waals surface area contributed by atoms with E-state index >= 15 is 0 Å². The maximum Gasteiger partial charge on any atom is 0.165 e. The van der Waals surface area contributed by atoms with E-state index in [0.29, 0.717) is 37.7 Å². The third-order valence-corrected chi connectivity index (χ3v) is 4.04. The van der Waals surface area contributed by atoms with E-state index < -0.39 is 0 Å². The van der Waals surface area contributed by atoms with E-state index in [0.717, 1.165) is 11.1 Å². The van der Waals surface area contributed by atoms with Crippen molar-refractivity contribution in [1.29, 1.82) is 0 Å². The predicted octanol–water partition coefficient (Wildman–Crippen LogP) is 3.92. The summed E-state index contributed by atoms with van der Waals surface area (Å²) < 4.78 is 30.6. The van der Waals surface area contributed by atoms with Gasteiger partial charge in [-0.2, -0.15) is 0 Å². The number of ether oxygens (including phenoxy) is 3. The number of rotatable bonds is 9. The van der Waals surface area contributed by atoms with Crippen molar-refractivity contribution in [2.75, 3.05) is 26.9 Å². The van der Waals surface area contributed by atoms with Gasteiger partial charge in [0.1, 0.15) is 0 Å². The number of hydrogen-bond acceptors (Lipinski definition) is 4. The van der Waals surface area contributed by atoms with Crippen LogP contribution in [0.4, 0.5) is 4.39 Å². The van der Waals surface area contributed by atoms with Crippen LogP contribution in [0, 0.1) is 5.82 Å². The molecule has 0 saturated heterocycles. The molecule has 0 bridgehead atoms. The Balaban J connectivity index is 2.28. The Labute approximate surface area is 148 Å². The van der Waals surface area contributed by atoms with Gasteiger partial charge in [0, 0.05) is 5.92 Å². The fraction of sp³-hybridized carbons (Fsp3) is 0.400. The Morgan fingerprint density at radius 1 is 1.04 bits per heavy atom. The average molecular weight is 347 g/mol. The lowest BCUT2D eigenvalue weighted by atomic mass is 9.91. The second kappa shape index (κ2) is 9.28. The first-order chi connectivity index (χ1) is 12.1. The maximum atomic E-state index is 14.2. The molecule has 0 aliphatic carbocycles. The number of para-hydroxylation sites is 1. The number of methoxy groups -OCH3 is 1. The zero-order chi connectivity index (χ0) is 18.2. The van der Waals surface area contributed by atoms with Crippen LogP contribution in [0.3, 0.4) is 0 Å². The molecule has 2 aromatic rings. The molecular formula is C20H26FNO3. The molecule has 0 spiro atoms. The highest BCUT2D eigenvalue weighted by atomic mass is 19.1. The van der Waals surface area contributed by atoms with Crippen molar-refractivity contribution in [3.8, 4) is 17.2 Å². The first-order valence-electron chi connectivity index (χ1n) is 8.55. The number of halogens is 1. The van der Waals surface area contributed by atoms with E-state index in [-0.39, 0.29) is 17.5 Å². The van der Waals surface area contributed by atoms with Gasteiger partial charge in [-0.05, 0) is 56.1 Å². The van der Waals surface area contributed by atoms with Gasteiger partial charge in [-0.3, -0.25) is 0 Å². The molecule has 2 aromatic carbocycles. The SMILES string of the molecule is CCOc1ccc(C(CN)Cc2cccc(OCC)c2OC)cc1F. The van der Waals surface area contributed by atoms with E-state index in [1.165, 1.54) is 6.07 Å². The fourth-order valence-electron chi connectivity index (χ4n) is 2.87. The average Bonchev–Trinajstić information content (AvgIpc) is 2.62. The highest BCUT2D eigenvalue weighted by Crippen LogP contribution is 2.34. The van der Waals surface area contributed by atoms with Crippen molar-refractivity contribution in [2.45, 2.75) is 26.2 Å². The third kappa shape index (κ3) is 4.63. The predicted molar refractivity (Wildman–Crippen MR) is 97.2 cm³/mol. The van der Waals surface area contributed by atoms with Gasteiger partial charge in [0.2, 0.25) is 0 Å². The monoisotopic (exact) mass is 347 g/mol. The van der Waals surface area contributed by atoms with Crippen molar-refractivity contribution in [3.63, 3.8) is 0 Å². The molecular weight excluding hydrogens is 321 g/mol. The van der Waals surface area contributed by atoms with Crippen LogP contribution >= 0.6 is 0 Å². The number of hydrogen-bond donors (Lipinski definition) is 1. The Morgan fingerprint density at radius 2 is 1.76 bits per heavy atom. The van der Waals surface area contributed by atoms with E-state index in [9.17, 15) is 4.39 Å². The van der Waals surface area contributed by atoms with Crippen LogP contribution in [0.15, 0.2) is 36.4 Å². The molecule has 0 aromatic heterocycles. The minimum absolute atomic E-state index is 0.0315. The van der Waals surface area contributed by atoms with Crippen molar-refractivity contribution in [2.24, 2.45) is 5.73 Å². The van der Waals surface area contributed by atoms with Crippen molar-refractivity contribution < 1.29 is 18.6 Å². The van der Waals surface area contributed by atoms with Crippen LogP contribution < -0.4 is 19.9 Å². The molecule has 0 aliphatic rings. The summed E-state index contributed by atoms with van der Waals surface area (Å²) >= 11 is 0. The van der Waals surface area contributed by atoms with Gasteiger partial charge in [-0.1, -0.05) is 18.2 Å². The van der Waals surface area contributed by atoms with Gasteiger partial charge in [-0.25, -0.2) is 4.39 Å². The first kappa shape index (κ1) is 19.1. The molecule has 2 rings (SSSR count). The summed E-state index contributed by atoms with van der Waals surface area (Å²) in [5.74, 6) is 1.27. The standard InChI is InChI=1S/C20H26FNO3/c1-4-24-18-10-9-14(12-17(18)21)16(13-22)11-15-7-6-8-19(25-5-2)20(15)23-3/h6-10,12,16H,4-5,11,13,22H2,1-3H3. The fourth-order valence-corrected chi connectivity index (χ4v) is 2.87. The molecule has 1 atom stereocenters. The Kier molecular flexibility index (Phi) is 7.07. The lowest BCUT2D eigenvalue weighted by molar-refractivity contribution is 0.308. The van der Waals surface area contributed by atoms with Gasteiger partial charge >= 0.3 is 0 Å². The molecule has 25 heavy (non-hydrogen) atoms. The number of benzene rings is 2. The topological polar surface area (TPSA) is 53.7 Å². The molecule has 0 aliphatic heterocycles. The highest BCUT2D eigenvalue weighted by Gasteiger charge is 2.18. The molecule has 2 N–H and O–H groups in total. The second-order valence-corrected chi connectivity index (χ2v) is 5.64. The lowest BCUT2D eigenvalue weighted by Gasteiger charge is -2.19. The van der Waals surface area contributed by atoms with Crippen molar-refractivity contribution in [1.82, 2.24) is 0 Å². The minimum atomic E-state index is -0.368. The maximum absolute atomic E-state index is 14.2. The Morgan fingerprint density at radius 3 is 2.36 bits per heavy atom. The summed E-state index contributed by atoms with van der Waals surface area (Å²) in [4.78, 5) is 0. The molecule has 5 heteroatoms. The molecule has 0 saturated carbocycles. The minimum Gasteiger partial charge on any atom is -0.493 e. The molecule has 136 valence electrons. The van der Waals surface area contributed by atoms with Gasteiger partial charge in [0.15, 0.2) is 23.1 Å². The van der Waals surface area contributed by atoms with Crippen molar-refractivity contribution in [3.05, 3.63) is 53.3 Å². The van der Waals surface area contributed by atoms with Crippen LogP contribution in [0.25, 0.3) is 0 Å². The van der Waals surface area contributed by atoms with Crippen LogP contribution in [-0.4, -0.2) is 26.9 Å². The normalized spacial score (nSPS) is 11.9. The second-order valence-electron chi connectivity index (χ2n) is 5.64. The zero-order valence-corrected chi connectivity index (χ0v) is 15.0. The summed E-state index contributed by atoms with van der Waals surface area (Å²) in [7, 11) is 1.62. The van der Waals surface area contributed by atoms with Crippen LogP contribution in [-0.2, 0) is 6.42 Å². The van der Waals surface area contributed by atoms with Gasteiger partial charge in [0.25, 0.3) is 0 Å². The Hall–Kier alpha value is -2.27. The zero-order valence-electron chi connectivity index (χ0n) is 15.0. The summed E-state index contributed by atoms with van der Waals surface area (Å²) in [5, 5.41) is 0. The Bertz CT molecular complexity index is 691. The number of nitrogens with two attached hydrogens (primary N) is 1. The van der Waals surface area contributed by atoms with Crippen LogP contribution in [0.2, 0.25) is 0 Å². The molecule has 1 unspecified atom stereocenters. The van der Waals surface area contributed by atoms with Gasteiger partial charge in [-0.15, -0.1) is 0 Å². The quantitative estimate of drug-likeness (QED) is 0.747. The van der Waals surface area contributed by atoms with E-state index in [2.05, 4.69) is 0 Å². The van der Waals surface area contributed by atoms with Gasteiger partial charge < -0.3 is 19.9 Å². The summed E-state index contributed by atoms with van der Waals surface area (Å²) in [6.07, 6.45) is 0.633. The molecule has 0 heterocycles.